The van der Waals surface area contributed by atoms with Gasteiger partial charge in [0.1, 0.15) is 5.75 Å². The number of phenols is 1. The molecule has 2 N–H and O–H groups in total. The van der Waals surface area contributed by atoms with Crippen LogP contribution in [0.15, 0.2) is 48.5 Å². The summed E-state index contributed by atoms with van der Waals surface area (Å²) in [7, 11) is 0. The summed E-state index contributed by atoms with van der Waals surface area (Å²) < 4.78 is 0. The standard InChI is InChI=1S/C22H24Cl2N2O2/c23-20-7-3-16(13-21(20)24)4-8-22(28)25-14-17-9-11-26(12-10-17)15-18-1-5-19(27)6-2-18/h1-8,13,17,27H,9-12,14-15H2,(H,25,28)/b8-4+. The van der Waals surface area contributed by atoms with E-state index in [1.807, 2.05) is 18.2 Å². The second-order valence-corrected chi connectivity index (χ2v) is 7.95. The van der Waals surface area contributed by atoms with Crippen LogP contribution < -0.4 is 5.32 Å². The second kappa shape index (κ2) is 9.97. The quantitative estimate of drug-likeness (QED) is 0.665. The molecule has 1 fully saturated rings. The third kappa shape index (κ3) is 6.26. The smallest absolute Gasteiger partial charge is 0.244 e. The van der Waals surface area contributed by atoms with Crippen LogP contribution in [0.4, 0.5) is 0 Å². The summed E-state index contributed by atoms with van der Waals surface area (Å²) >= 11 is 11.9. The highest BCUT2D eigenvalue weighted by molar-refractivity contribution is 6.42. The lowest BCUT2D eigenvalue weighted by molar-refractivity contribution is -0.116. The van der Waals surface area contributed by atoms with E-state index in [0.29, 0.717) is 28.3 Å². The molecule has 0 radical (unpaired) electrons. The predicted octanol–water partition coefficient (Wildman–Crippen LogP) is 4.74. The third-order valence-electron chi connectivity index (χ3n) is 4.99. The van der Waals surface area contributed by atoms with Crippen LogP contribution in [0.5, 0.6) is 5.75 Å². The van der Waals surface area contributed by atoms with E-state index in [2.05, 4.69) is 10.2 Å². The highest BCUT2D eigenvalue weighted by Crippen LogP contribution is 2.23. The molecule has 0 aliphatic carbocycles. The van der Waals surface area contributed by atoms with Crippen LogP contribution in [0.3, 0.4) is 0 Å². The van der Waals surface area contributed by atoms with Gasteiger partial charge in [0.05, 0.1) is 10.0 Å². The fourth-order valence-corrected chi connectivity index (χ4v) is 3.61. The van der Waals surface area contributed by atoms with Gasteiger partial charge in [-0.2, -0.15) is 0 Å². The van der Waals surface area contributed by atoms with Crippen molar-refractivity contribution < 1.29 is 9.90 Å². The number of aromatic hydroxyl groups is 1. The Balaban J connectivity index is 1.38. The molecule has 6 heteroatoms. The van der Waals surface area contributed by atoms with Crippen LogP contribution in [0.1, 0.15) is 24.0 Å². The molecule has 4 nitrogen and oxygen atoms in total. The molecule has 0 atom stereocenters. The normalized spacial score (nSPS) is 15.8. The van der Waals surface area contributed by atoms with Crippen molar-refractivity contribution in [3.8, 4) is 5.75 Å². The van der Waals surface area contributed by atoms with Crippen molar-refractivity contribution in [1.82, 2.24) is 10.2 Å². The number of phenolic OH excluding ortho intramolecular Hbond substituents is 1. The molecule has 1 heterocycles. The summed E-state index contributed by atoms with van der Waals surface area (Å²) in [6.45, 7) is 3.62. The number of hydrogen-bond donors (Lipinski definition) is 2. The van der Waals surface area contributed by atoms with E-state index in [0.717, 1.165) is 38.0 Å². The van der Waals surface area contributed by atoms with E-state index >= 15 is 0 Å². The maximum absolute atomic E-state index is 12.1. The highest BCUT2D eigenvalue weighted by Gasteiger charge is 2.19. The monoisotopic (exact) mass is 418 g/mol. The van der Waals surface area contributed by atoms with E-state index in [-0.39, 0.29) is 5.91 Å². The van der Waals surface area contributed by atoms with Gasteiger partial charge in [0.25, 0.3) is 0 Å². The average Bonchev–Trinajstić information content (AvgIpc) is 2.70. The molecule has 0 spiro atoms. The number of nitrogens with one attached hydrogen (secondary N) is 1. The van der Waals surface area contributed by atoms with E-state index < -0.39 is 0 Å². The first-order valence-electron chi connectivity index (χ1n) is 9.41. The maximum atomic E-state index is 12.1. The fraction of sp³-hybridized carbons (Fsp3) is 0.318. The molecule has 1 aliphatic heterocycles. The molecule has 0 aromatic heterocycles. The summed E-state index contributed by atoms with van der Waals surface area (Å²) in [5.74, 6) is 0.697. The number of benzene rings is 2. The zero-order valence-electron chi connectivity index (χ0n) is 15.6. The molecule has 3 rings (SSSR count). The molecular formula is C22H24Cl2N2O2. The van der Waals surface area contributed by atoms with Gasteiger partial charge in [0, 0.05) is 19.2 Å². The van der Waals surface area contributed by atoms with Gasteiger partial charge >= 0.3 is 0 Å². The summed E-state index contributed by atoms with van der Waals surface area (Å²) in [4.78, 5) is 14.5. The number of carbonyl (C=O) groups is 1. The van der Waals surface area contributed by atoms with Crippen LogP contribution in [-0.2, 0) is 11.3 Å². The number of nitrogens with zero attached hydrogens (tertiary/aromatic N) is 1. The van der Waals surface area contributed by atoms with E-state index in [1.165, 1.54) is 11.6 Å². The minimum Gasteiger partial charge on any atom is -0.508 e. The van der Waals surface area contributed by atoms with Gasteiger partial charge in [-0.05, 0) is 73.3 Å². The van der Waals surface area contributed by atoms with E-state index in [9.17, 15) is 9.90 Å². The van der Waals surface area contributed by atoms with Gasteiger partial charge in [0.2, 0.25) is 5.91 Å². The van der Waals surface area contributed by atoms with Gasteiger partial charge in [-0.3, -0.25) is 9.69 Å². The maximum Gasteiger partial charge on any atom is 0.244 e. The highest BCUT2D eigenvalue weighted by atomic mass is 35.5. The van der Waals surface area contributed by atoms with Crippen molar-refractivity contribution in [3.63, 3.8) is 0 Å². The predicted molar refractivity (Wildman–Crippen MR) is 115 cm³/mol. The van der Waals surface area contributed by atoms with Crippen molar-refractivity contribution in [2.75, 3.05) is 19.6 Å². The summed E-state index contributed by atoms with van der Waals surface area (Å²) in [6.07, 6.45) is 5.39. The lowest BCUT2D eigenvalue weighted by Gasteiger charge is -2.32. The minimum atomic E-state index is -0.0994. The number of piperidine rings is 1. The second-order valence-electron chi connectivity index (χ2n) is 7.14. The lowest BCUT2D eigenvalue weighted by atomic mass is 9.96. The van der Waals surface area contributed by atoms with Crippen molar-refractivity contribution in [2.24, 2.45) is 5.92 Å². The molecule has 2 aromatic carbocycles. The number of halogens is 2. The van der Waals surface area contributed by atoms with Gasteiger partial charge in [-0.25, -0.2) is 0 Å². The molecule has 0 saturated carbocycles. The Bertz CT molecular complexity index is 829. The summed E-state index contributed by atoms with van der Waals surface area (Å²) in [5.41, 5.74) is 2.05. The summed E-state index contributed by atoms with van der Waals surface area (Å²) in [6, 6.07) is 12.6. The first-order valence-corrected chi connectivity index (χ1v) is 10.2. The molecule has 2 aromatic rings. The lowest BCUT2D eigenvalue weighted by Crippen LogP contribution is -2.38. The average molecular weight is 419 g/mol. The van der Waals surface area contributed by atoms with Crippen molar-refractivity contribution >= 4 is 35.2 Å². The topological polar surface area (TPSA) is 52.6 Å². The molecular weight excluding hydrogens is 395 g/mol. The largest absolute Gasteiger partial charge is 0.508 e. The number of carbonyl (C=O) groups excluding carboxylic acids is 1. The first kappa shape index (κ1) is 20.7. The van der Waals surface area contributed by atoms with E-state index in [4.69, 9.17) is 23.2 Å². The Hall–Kier alpha value is -2.01. The number of likely N-dealkylation sites (tertiary alicyclic amines) is 1. The number of amides is 1. The van der Waals surface area contributed by atoms with E-state index in [1.54, 1.807) is 30.3 Å². The van der Waals surface area contributed by atoms with Gasteiger partial charge in [-0.15, -0.1) is 0 Å². The molecule has 28 heavy (non-hydrogen) atoms. The summed E-state index contributed by atoms with van der Waals surface area (Å²) in [5, 5.41) is 13.3. The molecule has 0 unspecified atom stereocenters. The zero-order valence-corrected chi connectivity index (χ0v) is 17.1. The SMILES string of the molecule is O=C(/C=C/c1ccc(Cl)c(Cl)c1)NCC1CCN(Cc2ccc(O)cc2)CC1. The van der Waals surface area contributed by atoms with Crippen LogP contribution in [-0.4, -0.2) is 35.5 Å². The fourth-order valence-electron chi connectivity index (χ4n) is 3.30. The Morgan fingerprint density at radius 2 is 1.82 bits per heavy atom. The Morgan fingerprint density at radius 1 is 1.11 bits per heavy atom. The molecule has 148 valence electrons. The third-order valence-corrected chi connectivity index (χ3v) is 5.72. The molecule has 1 saturated heterocycles. The molecule has 1 aliphatic rings. The van der Waals surface area contributed by atoms with Crippen molar-refractivity contribution in [1.29, 1.82) is 0 Å². The van der Waals surface area contributed by atoms with Crippen LogP contribution >= 0.6 is 23.2 Å². The Labute approximate surface area is 175 Å². The Morgan fingerprint density at radius 3 is 2.50 bits per heavy atom. The minimum absolute atomic E-state index is 0.0994. The number of hydrogen-bond acceptors (Lipinski definition) is 3. The van der Waals surface area contributed by atoms with Gasteiger partial charge in [-0.1, -0.05) is 41.4 Å². The van der Waals surface area contributed by atoms with Crippen LogP contribution in [0.25, 0.3) is 6.08 Å². The molecule has 0 bridgehead atoms. The zero-order chi connectivity index (χ0) is 19.9. The first-order chi connectivity index (χ1) is 13.5. The van der Waals surface area contributed by atoms with Crippen LogP contribution in [0.2, 0.25) is 10.0 Å². The van der Waals surface area contributed by atoms with Gasteiger partial charge < -0.3 is 10.4 Å². The van der Waals surface area contributed by atoms with Crippen molar-refractivity contribution in [3.05, 3.63) is 69.7 Å². The van der Waals surface area contributed by atoms with Gasteiger partial charge in [0.15, 0.2) is 0 Å². The molecule has 1 amide bonds. The Kier molecular flexibility index (Phi) is 7.37. The van der Waals surface area contributed by atoms with Crippen molar-refractivity contribution in [2.45, 2.75) is 19.4 Å². The van der Waals surface area contributed by atoms with Crippen LogP contribution in [0, 0.1) is 5.92 Å². The number of rotatable bonds is 6.